The number of benzene rings is 1. The number of carbonyl (C=O) groups is 1. The molecule has 2 aromatic rings. The molecule has 0 unspecified atom stereocenters. The van der Waals surface area contributed by atoms with E-state index < -0.39 is 0 Å². The maximum atomic E-state index is 12.6. The standard InChI is InChI=1S/C18H21ClN4O2/c1-22-5-7-23(8-6-22)15-9-13(11-20-12-15)18(24)21-16-10-14(19)3-4-17(16)25-2/h3-4,9-12H,5-8H2,1-2H3,(H,21,24). The third kappa shape index (κ3) is 4.21. The van der Waals surface area contributed by atoms with Gasteiger partial charge in [-0.2, -0.15) is 0 Å². The van der Waals surface area contributed by atoms with E-state index >= 15 is 0 Å². The van der Waals surface area contributed by atoms with Gasteiger partial charge in [-0.1, -0.05) is 11.6 Å². The predicted octanol–water partition coefficient (Wildman–Crippen LogP) is 2.75. The van der Waals surface area contributed by atoms with Gasteiger partial charge in [0.15, 0.2) is 0 Å². The van der Waals surface area contributed by atoms with E-state index in [1.807, 2.05) is 6.07 Å². The summed E-state index contributed by atoms with van der Waals surface area (Å²) in [7, 11) is 3.66. The highest BCUT2D eigenvalue weighted by Crippen LogP contribution is 2.28. The molecule has 0 saturated carbocycles. The van der Waals surface area contributed by atoms with Crippen molar-refractivity contribution in [3.05, 3.63) is 47.2 Å². The molecule has 1 aromatic carbocycles. The molecule has 0 spiro atoms. The number of amides is 1. The Morgan fingerprint density at radius 3 is 2.68 bits per heavy atom. The number of halogens is 1. The molecule has 1 amide bonds. The molecule has 2 heterocycles. The van der Waals surface area contributed by atoms with Crippen LogP contribution < -0.4 is 15.0 Å². The smallest absolute Gasteiger partial charge is 0.257 e. The van der Waals surface area contributed by atoms with Crippen molar-refractivity contribution in [1.82, 2.24) is 9.88 Å². The van der Waals surface area contributed by atoms with E-state index in [9.17, 15) is 4.79 Å². The zero-order valence-electron chi connectivity index (χ0n) is 14.3. The summed E-state index contributed by atoms with van der Waals surface area (Å²) in [6.45, 7) is 3.84. The summed E-state index contributed by atoms with van der Waals surface area (Å²) in [4.78, 5) is 21.4. The Hall–Kier alpha value is -2.31. The number of methoxy groups -OCH3 is 1. The number of likely N-dealkylation sites (N-methyl/N-ethyl adjacent to an activating group) is 1. The highest BCUT2D eigenvalue weighted by molar-refractivity contribution is 6.31. The van der Waals surface area contributed by atoms with Crippen LogP contribution in [0.5, 0.6) is 5.75 Å². The van der Waals surface area contributed by atoms with Crippen molar-refractivity contribution in [1.29, 1.82) is 0 Å². The van der Waals surface area contributed by atoms with Crippen LogP contribution in [0.25, 0.3) is 0 Å². The summed E-state index contributed by atoms with van der Waals surface area (Å²) >= 11 is 6.01. The van der Waals surface area contributed by atoms with E-state index in [0.29, 0.717) is 22.0 Å². The summed E-state index contributed by atoms with van der Waals surface area (Å²) in [5, 5.41) is 3.37. The number of hydrogen-bond acceptors (Lipinski definition) is 5. The monoisotopic (exact) mass is 360 g/mol. The van der Waals surface area contributed by atoms with Gasteiger partial charge in [0, 0.05) is 37.4 Å². The molecule has 0 bridgehead atoms. The van der Waals surface area contributed by atoms with Crippen LogP contribution in [0.4, 0.5) is 11.4 Å². The minimum absolute atomic E-state index is 0.246. The van der Waals surface area contributed by atoms with Gasteiger partial charge in [-0.15, -0.1) is 0 Å². The zero-order valence-corrected chi connectivity index (χ0v) is 15.1. The lowest BCUT2D eigenvalue weighted by Gasteiger charge is -2.33. The van der Waals surface area contributed by atoms with Crippen molar-refractivity contribution in [3.63, 3.8) is 0 Å². The number of carbonyl (C=O) groups excluding carboxylic acids is 1. The molecule has 1 fully saturated rings. The summed E-state index contributed by atoms with van der Waals surface area (Å²) in [6.07, 6.45) is 3.36. The molecule has 0 atom stereocenters. The van der Waals surface area contributed by atoms with E-state index in [-0.39, 0.29) is 5.91 Å². The lowest BCUT2D eigenvalue weighted by molar-refractivity contribution is 0.102. The molecule has 0 radical (unpaired) electrons. The number of nitrogens with zero attached hydrogens (tertiary/aromatic N) is 3. The van der Waals surface area contributed by atoms with Crippen molar-refractivity contribution in [3.8, 4) is 5.75 Å². The van der Waals surface area contributed by atoms with Crippen LogP contribution in [0.2, 0.25) is 5.02 Å². The quantitative estimate of drug-likeness (QED) is 0.908. The molecule has 1 aliphatic rings. The first-order valence-corrected chi connectivity index (χ1v) is 8.48. The minimum Gasteiger partial charge on any atom is -0.495 e. The number of nitrogens with one attached hydrogen (secondary N) is 1. The van der Waals surface area contributed by atoms with Crippen LogP contribution in [0.15, 0.2) is 36.7 Å². The maximum absolute atomic E-state index is 12.6. The first-order chi connectivity index (χ1) is 12.1. The molecular formula is C18H21ClN4O2. The summed E-state index contributed by atoms with van der Waals surface area (Å²) in [5.74, 6) is 0.310. The second-order valence-corrected chi connectivity index (χ2v) is 6.46. The number of ether oxygens (including phenoxy) is 1. The van der Waals surface area contributed by atoms with Gasteiger partial charge in [0.25, 0.3) is 5.91 Å². The van der Waals surface area contributed by atoms with E-state index in [4.69, 9.17) is 16.3 Å². The van der Waals surface area contributed by atoms with Crippen molar-refractivity contribution in [2.24, 2.45) is 0 Å². The van der Waals surface area contributed by atoms with Gasteiger partial charge in [-0.05, 0) is 31.3 Å². The molecule has 1 N–H and O–H groups in total. The number of hydrogen-bond donors (Lipinski definition) is 1. The molecule has 25 heavy (non-hydrogen) atoms. The summed E-state index contributed by atoms with van der Waals surface area (Å²) in [5.41, 5.74) is 1.99. The molecule has 0 aliphatic carbocycles. The van der Waals surface area contributed by atoms with Gasteiger partial charge in [-0.25, -0.2) is 0 Å². The fourth-order valence-electron chi connectivity index (χ4n) is 2.76. The lowest BCUT2D eigenvalue weighted by Crippen LogP contribution is -2.44. The Balaban J connectivity index is 1.77. The third-order valence-electron chi connectivity index (χ3n) is 4.26. The van der Waals surface area contributed by atoms with Crippen molar-refractivity contribution in [2.75, 3.05) is 50.6 Å². The highest BCUT2D eigenvalue weighted by atomic mass is 35.5. The SMILES string of the molecule is COc1ccc(Cl)cc1NC(=O)c1cncc(N2CCN(C)CC2)c1. The van der Waals surface area contributed by atoms with Crippen LogP contribution in [0.3, 0.4) is 0 Å². The Labute approximate surface area is 152 Å². The second-order valence-electron chi connectivity index (χ2n) is 6.02. The average molecular weight is 361 g/mol. The fraction of sp³-hybridized carbons (Fsp3) is 0.333. The van der Waals surface area contributed by atoms with Crippen LogP contribution in [-0.2, 0) is 0 Å². The molecule has 132 valence electrons. The van der Waals surface area contributed by atoms with E-state index in [2.05, 4.69) is 27.1 Å². The summed E-state index contributed by atoms with van der Waals surface area (Å²) < 4.78 is 5.26. The van der Waals surface area contributed by atoms with E-state index in [1.54, 1.807) is 37.7 Å². The molecular weight excluding hydrogens is 340 g/mol. The predicted molar refractivity (Wildman–Crippen MR) is 99.9 cm³/mol. The number of piperazine rings is 1. The topological polar surface area (TPSA) is 57.7 Å². The van der Waals surface area contributed by atoms with Crippen LogP contribution in [0, 0.1) is 0 Å². The largest absolute Gasteiger partial charge is 0.495 e. The fourth-order valence-corrected chi connectivity index (χ4v) is 2.93. The Kier molecular flexibility index (Phi) is 5.40. The Morgan fingerprint density at radius 2 is 1.96 bits per heavy atom. The summed E-state index contributed by atoms with van der Waals surface area (Å²) in [6, 6.07) is 6.96. The van der Waals surface area contributed by atoms with Crippen molar-refractivity contribution >= 4 is 28.9 Å². The number of anilines is 2. The number of aromatic nitrogens is 1. The Bertz CT molecular complexity index is 760. The highest BCUT2D eigenvalue weighted by Gasteiger charge is 2.17. The normalized spacial score (nSPS) is 15.1. The van der Waals surface area contributed by atoms with Gasteiger partial charge in [0.1, 0.15) is 5.75 Å². The van der Waals surface area contributed by atoms with E-state index in [0.717, 1.165) is 31.9 Å². The first kappa shape index (κ1) is 17.5. The number of pyridine rings is 1. The molecule has 7 heteroatoms. The van der Waals surface area contributed by atoms with Crippen LogP contribution in [-0.4, -0.2) is 56.1 Å². The zero-order chi connectivity index (χ0) is 17.8. The maximum Gasteiger partial charge on any atom is 0.257 e. The van der Waals surface area contributed by atoms with Gasteiger partial charge < -0.3 is 19.9 Å². The molecule has 1 aromatic heterocycles. The average Bonchev–Trinajstić information content (AvgIpc) is 2.62. The van der Waals surface area contributed by atoms with Crippen LogP contribution in [0.1, 0.15) is 10.4 Å². The van der Waals surface area contributed by atoms with Crippen LogP contribution >= 0.6 is 11.6 Å². The lowest BCUT2D eigenvalue weighted by atomic mass is 10.2. The number of rotatable bonds is 4. The molecule has 1 aliphatic heterocycles. The van der Waals surface area contributed by atoms with Gasteiger partial charge in [0.05, 0.1) is 30.2 Å². The van der Waals surface area contributed by atoms with E-state index in [1.165, 1.54) is 0 Å². The third-order valence-corrected chi connectivity index (χ3v) is 4.50. The molecule has 3 rings (SSSR count). The molecule has 6 nitrogen and oxygen atoms in total. The van der Waals surface area contributed by atoms with Crippen molar-refractivity contribution in [2.45, 2.75) is 0 Å². The van der Waals surface area contributed by atoms with Gasteiger partial charge in [-0.3, -0.25) is 9.78 Å². The van der Waals surface area contributed by atoms with Gasteiger partial charge >= 0.3 is 0 Å². The minimum atomic E-state index is -0.246. The van der Waals surface area contributed by atoms with Gasteiger partial charge in [0.2, 0.25) is 0 Å². The second kappa shape index (κ2) is 7.72. The van der Waals surface area contributed by atoms with Crippen molar-refractivity contribution < 1.29 is 9.53 Å². The first-order valence-electron chi connectivity index (χ1n) is 8.10. The Morgan fingerprint density at radius 1 is 1.20 bits per heavy atom. The molecule has 1 saturated heterocycles.